The second kappa shape index (κ2) is 9.02. The molecule has 1 heterocycles. The summed E-state index contributed by atoms with van der Waals surface area (Å²) >= 11 is 6.04. The molecule has 28 heavy (non-hydrogen) atoms. The van der Waals surface area contributed by atoms with Gasteiger partial charge in [-0.2, -0.15) is 5.10 Å². The van der Waals surface area contributed by atoms with Gasteiger partial charge >= 0.3 is 0 Å². The van der Waals surface area contributed by atoms with Gasteiger partial charge in [0, 0.05) is 31.3 Å². The molecule has 2 amide bonds. The average Bonchev–Trinajstić information content (AvgIpc) is 3.21. The zero-order chi connectivity index (χ0) is 20.1. The summed E-state index contributed by atoms with van der Waals surface area (Å²) < 4.78 is 0. The fourth-order valence-corrected chi connectivity index (χ4v) is 3.39. The topological polar surface area (TPSA) is 53.0 Å². The zero-order valence-corrected chi connectivity index (χ0v) is 16.9. The predicted octanol–water partition coefficient (Wildman–Crippen LogP) is 4.28. The lowest BCUT2D eigenvalue weighted by molar-refractivity contribution is -0.137. The minimum absolute atomic E-state index is 0.0766. The van der Waals surface area contributed by atoms with Gasteiger partial charge in [0.15, 0.2) is 0 Å². The van der Waals surface area contributed by atoms with Crippen LogP contribution in [0.4, 0.5) is 0 Å². The van der Waals surface area contributed by atoms with Gasteiger partial charge in [-0.05, 0) is 30.2 Å². The van der Waals surface area contributed by atoms with Gasteiger partial charge in [-0.15, -0.1) is 0 Å². The number of halogens is 1. The van der Waals surface area contributed by atoms with Gasteiger partial charge in [0.25, 0.3) is 0 Å². The Labute approximate surface area is 170 Å². The largest absolute Gasteiger partial charge is 0.339 e. The molecule has 1 unspecified atom stereocenters. The Morgan fingerprint density at radius 3 is 2.61 bits per heavy atom. The van der Waals surface area contributed by atoms with E-state index in [-0.39, 0.29) is 30.7 Å². The number of benzene rings is 2. The lowest BCUT2D eigenvalue weighted by atomic mass is 10.1. The molecule has 0 fully saturated rings. The highest BCUT2D eigenvalue weighted by Gasteiger charge is 2.23. The second-order valence-corrected chi connectivity index (χ2v) is 7.35. The van der Waals surface area contributed by atoms with Crippen molar-refractivity contribution in [2.24, 2.45) is 5.10 Å². The molecule has 0 saturated heterocycles. The van der Waals surface area contributed by atoms with E-state index in [4.69, 9.17) is 11.6 Å². The molecule has 1 aliphatic heterocycles. The van der Waals surface area contributed by atoms with Crippen LogP contribution in [0.2, 0.25) is 5.02 Å². The Morgan fingerprint density at radius 2 is 1.89 bits per heavy atom. The van der Waals surface area contributed by atoms with E-state index in [9.17, 15) is 9.59 Å². The molecule has 0 saturated carbocycles. The lowest BCUT2D eigenvalue weighted by Crippen LogP contribution is -2.31. The van der Waals surface area contributed by atoms with Crippen molar-refractivity contribution in [3.05, 3.63) is 70.7 Å². The lowest BCUT2D eigenvalue weighted by Gasteiger charge is -2.25. The number of hydrogen-bond donors (Lipinski definition) is 0. The van der Waals surface area contributed by atoms with Crippen molar-refractivity contribution in [3.63, 3.8) is 0 Å². The van der Waals surface area contributed by atoms with Crippen molar-refractivity contribution in [2.75, 3.05) is 13.6 Å². The monoisotopic (exact) mass is 397 g/mol. The minimum atomic E-state index is -0.122. The maximum absolute atomic E-state index is 12.5. The Hall–Kier alpha value is -2.66. The summed E-state index contributed by atoms with van der Waals surface area (Å²) in [5, 5.41) is 6.56. The van der Waals surface area contributed by atoms with Crippen LogP contribution in [-0.2, 0) is 9.59 Å². The molecule has 146 valence electrons. The van der Waals surface area contributed by atoms with Gasteiger partial charge in [0.05, 0.1) is 18.3 Å². The number of hydrogen-bond acceptors (Lipinski definition) is 3. The van der Waals surface area contributed by atoms with E-state index >= 15 is 0 Å². The first-order valence-electron chi connectivity index (χ1n) is 9.40. The molecule has 5 nitrogen and oxygen atoms in total. The van der Waals surface area contributed by atoms with Gasteiger partial charge < -0.3 is 4.90 Å². The van der Waals surface area contributed by atoms with Gasteiger partial charge in [-0.3, -0.25) is 9.59 Å². The molecule has 2 aromatic rings. The molecular weight excluding hydrogens is 374 g/mol. The van der Waals surface area contributed by atoms with Gasteiger partial charge in [-0.1, -0.05) is 54.1 Å². The molecule has 1 atom stereocenters. The highest BCUT2D eigenvalue weighted by Crippen LogP contribution is 2.23. The first-order valence-corrected chi connectivity index (χ1v) is 9.78. The van der Waals surface area contributed by atoms with Gasteiger partial charge in [-0.25, -0.2) is 5.01 Å². The van der Waals surface area contributed by atoms with E-state index in [1.165, 1.54) is 5.01 Å². The Balaban J connectivity index is 1.54. The minimum Gasteiger partial charge on any atom is -0.339 e. The standard InChI is InChI=1S/C22H24ClN3O2/c1-16(18-9-6-10-19(23)15-18)25(2)21(27)11-12-22(28)26-14-13-20(24-26)17-7-4-3-5-8-17/h3-10,15-16H,11-14H2,1-2H3. The number of hydrazone groups is 1. The van der Waals surface area contributed by atoms with Gasteiger partial charge in [0.1, 0.15) is 0 Å². The number of amides is 2. The van der Waals surface area contributed by atoms with Crippen molar-refractivity contribution in [2.45, 2.75) is 32.2 Å². The maximum atomic E-state index is 12.5. The Kier molecular flexibility index (Phi) is 6.47. The zero-order valence-electron chi connectivity index (χ0n) is 16.1. The number of rotatable bonds is 6. The molecule has 0 spiro atoms. The molecule has 0 radical (unpaired) electrons. The predicted molar refractivity (Wildman–Crippen MR) is 111 cm³/mol. The van der Waals surface area contributed by atoms with Crippen LogP contribution in [0.25, 0.3) is 0 Å². The summed E-state index contributed by atoms with van der Waals surface area (Å²) in [6.45, 7) is 2.51. The van der Waals surface area contributed by atoms with Crippen LogP contribution in [0.5, 0.6) is 0 Å². The van der Waals surface area contributed by atoms with Crippen molar-refractivity contribution in [1.82, 2.24) is 9.91 Å². The molecule has 1 aliphatic rings. The molecule has 0 aromatic heterocycles. The van der Waals surface area contributed by atoms with E-state index in [0.717, 1.165) is 23.3 Å². The summed E-state index contributed by atoms with van der Waals surface area (Å²) in [6.07, 6.45) is 1.04. The van der Waals surface area contributed by atoms with Crippen molar-refractivity contribution in [3.8, 4) is 0 Å². The van der Waals surface area contributed by atoms with E-state index in [2.05, 4.69) is 5.10 Å². The van der Waals surface area contributed by atoms with Crippen molar-refractivity contribution >= 4 is 29.1 Å². The summed E-state index contributed by atoms with van der Waals surface area (Å²) in [5.41, 5.74) is 2.90. The van der Waals surface area contributed by atoms with Crippen LogP contribution in [0.15, 0.2) is 59.7 Å². The van der Waals surface area contributed by atoms with Crippen LogP contribution in [0.3, 0.4) is 0 Å². The Morgan fingerprint density at radius 1 is 1.14 bits per heavy atom. The SMILES string of the molecule is CC(c1cccc(Cl)c1)N(C)C(=O)CCC(=O)N1CCC(c2ccccc2)=N1. The summed E-state index contributed by atoms with van der Waals surface area (Å²) in [4.78, 5) is 26.7. The highest BCUT2D eigenvalue weighted by molar-refractivity contribution is 6.30. The van der Waals surface area contributed by atoms with Crippen LogP contribution < -0.4 is 0 Å². The fraction of sp³-hybridized carbons (Fsp3) is 0.318. The van der Waals surface area contributed by atoms with Crippen LogP contribution >= 0.6 is 11.6 Å². The number of nitrogens with zero attached hydrogens (tertiary/aromatic N) is 3. The van der Waals surface area contributed by atoms with Crippen LogP contribution in [0.1, 0.15) is 43.4 Å². The quantitative estimate of drug-likeness (QED) is 0.730. The number of carbonyl (C=O) groups excluding carboxylic acids is 2. The smallest absolute Gasteiger partial charge is 0.243 e. The third kappa shape index (κ3) is 4.78. The summed E-state index contributed by atoms with van der Waals surface area (Å²) in [6, 6.07) is 17.2. The summed E-state index contributed by atoms with van der Waals surface area (Å²) in [7, 11) is 1.75. The van der Waals surface area contributed by atoms with E-state index in [1.54, 1.807) is 18.0 Å². The van der Waals surface area contributed by atoms with E-state index < -0.39 is 0 Å². The molecule has 0 aliphatic carbocycles. The average molecular weight is 398 g/mol. The molecule has 6 heteroatoms. The third-order valence-electron chi connectivity index (χ3n) is 5.05. The van der Waals surface area contributed by atoms with Crippen molar-refractivity contribution < 1.29 is 9.59 Å². The van der Waals surface area contributed by atoms with E-state index in [1.807, 2.05) is 55.5 Å². The first-order chi connectivity index (χ1) is 13.5. The third-order valence-corrected chi connectivity index (χ3v) is 5.29. The van der Waals surface area contributed by atoms with Crippen LogP contribution in [-0.4, -0.2) is 41.0 Å². The summed E-state index contributed by atoms with van der Waals surface area (Å²) in [5.74, 6) is -0.199. The van der Waals surface area contributed by atoms with Crippen LogP contribution in [0, 0.1) is 0 Å². The normalized spacial score (nSPS) is 14.5. The molecular formula is C22H24ClN3O2. The van der Waals surface area contributed by atoms with Gasteiger partial charge in [0.2, 0.25) is 11.8 Å². The second-order valence-electron chi connectivity index (χ2n) is 6.92. The first kappa shape index (κ1) is 20.1. The Bertz CT molecular complexity index is 882. The molecule has 0 bridgehead atoms. The molecule has 3 rings (SSSR count). The maximum Gasteiger partial charge on any atom is 0.243 e. The highest BCUT2D eigenvalue weighted by atomic mass is 35.5. The molecule has 0 N–H and O–H groups in total. The van der Waals surface area contributed by atoms with Crippen molar-refractivity contribution in [1.29, 1.82) is 0 Å². The number of carbonyl (C=O) groups is 2. The molecule has 2 aromatic carbocycles. The fourth-order valence-electron chi connectivity index (χ4n) is 3.20. The van der Waals surface area contributed by atoms with E-state index in [0.29, 0.717) is 11.6 Å².